The van der Waals surface area contributed by atoms with E-state index in [1.807, 2.05) is 0 Å². The molecule has 7 nitrogen and oxygen atoms in total. The van der Waals surface area contributed by atoms with Crippen LogP contribution in [0.3, 0.4) is 0 Å². The number of ether oxygens (including phenoxy) is 2. The van der Waals surface area contributed by atoms with E-state index >= 15 is 0 Å². The Bertz CT molecular complexity index is 996. The quantitative estimate of drug-likeness (QED) is 0.292. The average Bonchev–Trinajstić information content (AvgIpc) is 2.82. The Labute approximate surface area is 194 Å². The highest BCUT2D eigenvalue weighted by molar-refractivity contribution is 6.39. The van der Waals surface area contributed by atoms with Crippen LogP contribution in [-0.2, 0) is 9.59 Å². The van der Waals surface area contributed by atoms with E-state index < -0.39 is 17.8 Å². The van der Waals surface area contributed by atoms with Gasteiger partial charge in [-0.1, -0.05) is 51.2 Å². The maximum absolute atomic E-state index is 13.0. The summed E-state index contributed by atoms with van der Waals surface area (Å²) < 4.78 is 10.9. The molecule has 33 heavy (non-hydrogen) atoms. The third kappa shape index (κ3) is 6.44. The van der Waals surface area contributed by atoms with Gasteiger partial charge in [-0.3, -0.25) is 14.9 Å². The first-order valence-corrected chi connectivity index (χ1v) is 11.3. The third-order valence-electron chi connectivity index (χ3n) is 5.39. The molecule has 2 aromatic carbocycles. The molecule has 174 valence electrons. The fourth-order valence-corrected chi connectivity index (χ4v) is 3.52. The first kappa shape index (κ1) is 24.0. The Hall–Kier alpha value is -3.61. The highest BCUT2D eigenvalue weighted by atomic mass is 16.5. The molecule has 0 unspecified atom stereocenters. The minimum Gasteiger partial charge on any atom is -0.497 e. The number of nitrogens with zero attached hydrogens (tertiary/aromatic N) is 1. The SMILES string of the molecule is CCCCCCCCOc1ccc(/C=C2\C(=O)NC(=O)N(c3ccc(OC)cc3)C2=O)cc1. The zero-order valence-electron chi connectivity index (χ0n) is 19.1. The molecule has 2 aromatic rings. The Kier molecular flexibility index (Phi) is 8.63. The van der Waals surface area contributed by atoms with Gasteiger partial charge in [-0.15, -0.1) is 0 Å². The lowest BCUT2D eigenvalue weighted by Gasteiger charge is -2.26. The van der Waals surface area contributed by atoms with E-state index in [0.29, 0.717) is 23.6 Å². The van der Waals surface area contributed by atoms with Gasteiger partial charge in [-0.05, 0) is 54.5 Å². The maximum atomic E-state index is 13.0. The minimum atomic E-state index is -0.786. The van der Waals surface area contributed by atoms with Gasteiger partial charge in [0.25, 0.3) is 11.8 Å². The summed E-state index contributed by atoms with van der Waals surface area (Å²) in [6, 6.07) is 12.8. The number of carbonyl (C=O) groups excluding carboxylic acids is 3. The summed E-state index contributed by atoms with van der Waals surface area (Å²) in [5.41, 5.74) is 0.880. The van der Waals surface area contributed by atoms with Crippen LogP contribution in [0.5, 0.6) is 11.5 Å². The Morgan fingerprint density at radius 1 is 0.848 bits per heavy atom. The molecule has 0 atom stereocenters. The number of unbranched alkanes of at least 4 members (excludes halogenated alkanes) is 5. The summed E-state index contributed by atoms with van der Waals surface area (Å²) in [4.78, 5) is 38.5. The summed E-state index contributed by atoms with van der Waals surface area (Å²) in [6.45, 7) is 2.86. The van der Waals surface area contributed by atoms with Crippen LogP contribution in [0, 0.1) is 0 Å². The van der Waals surface area contributed by atoms with Gasteiger partial charge in [-0.2, -0.15) is 0 Å². The predicted octanol–water partition coefficient (Wildman–Crippen LogP) is 5.10. The lowest BCUT2D eigenvalue weighted by atomic mass is 10.1. The van der Waals surface area contributed by atoms with Crippen molar-refractivity contribution in [3.63, 3.8) is 0 Å². The minimum absolute atomic E-state index is 0.119. The highest BCUT2D eigenvalue weighted by Crippen LogP contribution is 2.24. The number of barbiturate groups is 1. The van der Waals surface area contributed by atoms with E-state index in [2.05, 4.69) is 12.2 Å². The zero-order chi connectivity index (χ0) is 23.6. The lowest BCUT2D eigenvalue weighted by Crippen LogP contribution is -2.54. The molecule has 0 bridgehead atoms. The Morgan fingerprint density at radius 2 is 1.48 bits per heavy atom. The molecule has 4 amide bonds. The number of hydrogen-bond donors (Lipinski definition) is 1. The monoisotopic (exact) mass is 450 g/mol. The van der Waals surface area contributed by atoms with E-state index in [1.54, 1.807) is 48.5 Å². The van der Waals surface area contributed by atoms with Gasteiger partial charge in [-0.25, -0.2) is 9.69 Å². The van der Waals surface area contributed by atoms with Crippen LogP contribution in [0.2, 0.25) is 0 Å². The molecule has 0 saturated carbocycles. The predicted molar refractivity (Wildman–Crippen MR) is 127 cm³/mol. The van der Waals surface area contributed by atoms with Gasteiger partial charge in [0.1, 0.15) is 17.1 Å². The molecule has 0 aromatic heterocycles. The number of amides is 4. The van der Waals surface area contributed by atoms with Crippen LogP contribution in [0.1, 0.15) is 51.0 Å². The number of methoxy groups -OCH3 is 1. The molecular weight excluding hydrogens is 420 g/mol. The zero-order valence-corrected chi connectivity index (χ0v) is 19.1. The molecule has 0 aliphatic carbocycles. The molecule has 3 rings (SSSR count). The molecule has 7 heteroatoms. The molecule has 1 heterocycles. The number of rotatable bonds is 11. The fraction of sp³-hybridized carbons (Fsp3) is 0.346. The lowest BCUT2D eigenvalue weighted by molar-refractivity contribution is -0.122. The molecule has 0 radical (unpaired) electrons. The van der Waals surface area contributed by atoms with E-state index in [1.165, 1.54) is 38.9 Å². The van der Waals surface area contributed by atoms with Gasteiger partial charge in [0, 0.05) is 0 Å². The molecule has 1 aliphatic rings. The second kappa shape index (κ2) is 11.9. The number of carbonyl (C=O) groups is 3. The van der Waals surface area contributed by atoms with E-state index in [-0.39, 0.29) is 5.57 Å². The molecule has 1 aliphatic heterocycles. The van der Waals surface area contributed by atoms with Gasteiger partial charge in [0.2, 0.25) is 0 Å². The largest absolute Gasteiger partial charge is 0.497 e. The average molecular weight is 451 g/mol. The number of benzene rings is 2. The summed E-state index contributed by atoms with van der Waals surface area (Å²) in [5.74, 6) is -0.0788. The van der Waals surface area contributed by atoms with Gasteiger partial charge >= 0.3 is 6.03 Å². The summed E-state index contributed by atoms with van der Waals surface area (Å²) >= 11 is 0. The summed E-state index contributed by atoms with van der Waals surface area (Å²) in [7, 11) is 1.53. The fourth-order valence-electron chi connectivity index (χ4n) is 3.52. The van der Waals surface area contributed by atoms with Gasteiger partial charge in [0.15, 0.2) is 0 Å². The second-order valence-electron chi connectivity index (χ2n) is 7.84. The third-order valence-corrected chi connectivity index (χ3v) is 5.39. The number of urea groups is 1. The maximum Gasteiger partial charge on any atom is 0.335 e. The van der Waals surface area contributed by atoms with Crippen molar-refractivity contribution in [3.8, 4) is 11.5 Å². The van der Waals surface area contributed by atoms with Crippen LogP contribution in [-0.4, -0.2) is 31.6 Å². The molecule has 1 N–H and O–H groups in total. The molecular formula is C26H30N2O5. The van der Waals surface area contributed by atoms with Crippen LogP contribution in [0.4, 0.5) is 10.5 Å². The van der Waals surface area contributed by atoms with Crippen LogP contribution >= 0.6 is 0 Å². The summed E-state index contributed by atoms with van der Waals surface area (Å²) in [6.07, 6.45) is 8.67. The molecule has 1 saturated heterocycles. The summed E-state index contributed by atoms with van der Waals surface area (Å²) in [5, 5.41) is 2.22. The first-order valence-electron chi connectivity index (χ1n) is 11.3. The van der Waals surface area contributed by atoms with Crippen molar-refractivity contribution in [2.45, 2.75) is 45.4 Å². The number of nitrogens with one attached hydrogen (secondary N) is 1. The Morgan fingerprint density at radius 3 is 2.15 bits per heavy atom. The number of anilines is 1. The normalized spacial score (nSPS) is 15.0. The van der Waals surface area contributed by atoms with Gasteiger partial charge < -0.3 is 9.47 Å². The van der Waals surface area contributed by atoms with Crippen molar-refractivity contribution in [1.29, 1.82) is 0 Å². The first-order chi connectivity index (χ1) is 16.0. The van der Waals surface area contributed by atoms with E-state index in [9.17, 15) is 14.4 Å². The van der Waals surface area contributed by atoms with Crippen molar-refractivity contribution >= 4 is 29.6 Å². The topological polar surface area (TPSA) is 84.9 Å². The number of imide groups is 2. The van der Waals surface area contributed by atoms with Crippen LogP contribution in [0.15, 0.2) is 54.1 Å². The molecule has 1 fully saturated rings. The highest BCUT2D eigenvalue weighted by Gasteiger charge is 2.36. The van der Waals surface area contributed by atoms with Crippen molar-refractivity contribution in [1.82, 2.24) is 5.32 Å². The van der Waals surface area contributed by atoms with Crippen LogP contribution < -0.4 is 19.7 Å². The van der Waals surface area contributed by atoms with Crippen molar-refractivity contribution in [2.24, 2.45) is 0 Å². The van der Waals surface area contributed by atoms with E-state index in [4.69, 9.17) is 9.47 Å². The smallest absolute Gasteiger partial charge is 0.335 e. The van der Waals surface area contributed by atoms with Crippen molar-refractivity contribution in [2.75, 3.05) is 18.6 Å². The van der Waals surface area contributed by atoms with Crippen molar-refractivity contribution < 1.29 is 23.9 Å². The van der Waals surface area contributed by atoms with Crippen LogP contribution in [0.25, 0.3) is 6.08 Å². The van der Waals surface area contributed by atoms with Gasteiger partial charge in [0.05, 0.1) is 19.4 Å². The molecule has 0 spiro atoms. The standard InChI is InChI=1S/C26H30N2O5/c1-3-4-5-6-7-8-17-33-22-13-9-19(10-14-22)18-23-24(29)27-26(31)28(25(23)30)20-11-15-21(32-2)16-12-20/h9-16,18H,3-8,17H2,1-2H3,(H,27,29,31)/b23-18+. The van der Waals surface area contributed by atoms with E-state index in [0.717, 1.165) is 23.5 Å². The number of hydrogen-bond acceptors (Lipinski definition) is 5. The van der Waals surface area contributed by atoms with Crippen molar-refractivity contribution in [3.05, 3.63) is 59.7 Å². The second-order valence-corrected chi connectivity index (χ2v) is 7.84. The Balaban J connectivity index is 1.64.